The molecule has 0 aromatic heterocycles. The van der Waals surface area contributed by atoms with Gasteiger partial charge in [0.15, 0.2) is 9.84 Å². The largest absolute Gasteiger partial charge is 0.476 e. The Kier molecular flexibility index (Phi) is 4.76. The van der Waals surface area contributed by atoms with Gasteiger partial charge in [-0.1, -0.05) is 12.1 Å². The third-order valence-corrected chi connectivity index (χ3v) is 4.97. The van der Waals surface area contributed by atoms with Crippen molar-refractivity contribution in [1.29, 1.82) is 0 Å². The normalized spacial score (nSPS) is 15.4. The van der Waals surface area contributed by atoms with Crippen LogP contribution in [0.1, 0.15) is 24.5 Å². The van der Waals surface area contributed by atoms with Gasteiger partial charge in [-0.15, -0.1) is 0 Å². The lowest BCUT2D eigenvalue weighted by atomic mass is 10.1. The van der Waals surface area contributed by atoms with Gasteiger partial charge in [-0.3, -0.25) is 4.79 Å². The van der Waals surface area contributed by atoms with Crippen LogP contribution in [0.4, 0.5) is 4.39 Å². The van der Waals surface area contributed by atoms with E-state index < -0.39 is 21.8 Å². The number of benzene rings is 2. The van der Waals surface area contributed by atoms with E-state index in [4.69, 9.17) is 4.74 Å². The summed E-state index contributed by atoms with van der Waals surface area (Å²) in [7, 11) is -3.31. The summed E-state index contributed by atoms with van der Waals surface area (Å²) in [6.07, 6.45) is 2.05. The molecule has 1 aliphatic rings. The third-order valence-electron chi connectivity index (χ3n) is 3.84. The van der Waals surface area contributed by atoms with Gasteiger partial charge in [-0.25, -0.2) is 12.8 Å². The van der Waals surface area contributed by atoms with Gasteiger partial charge in [0.2, 0.25) is 6.10 Å². The minimum atomic E-state index is -3.31. The molecule has 0 spiro atoms. The zero-order chi connectivity index (χ0) is 18.0. The molecule has 7 heteroatoms. The summed E-state index contributed by atoms with van der Waals surface area (Å²) in [4.78, 5) is 12.7. The van der Waals surface area contributed by atoms with Gasteiger partial charge >= 0.3 is 0 Å². The molecule has 0 saturated heterocycles. The number of carbonyl (C=O) groups is 1. The average molecular weight is 363 g/mol. The number of nitrogens with one attached hydrogen (secondary N) is 1. The van der Waals surface area contributed by atoms with E-state index in [-0.39, 0.29) is 16.8 Å². The van der Waals surface area contributed by atoms with E-state index in [0.717, 1.165) is 19.1 Å². The number of amides is 1. The first-order chi connectivity index (χ1) is 11.8. The Morgan fingerprint density at radius 1 is 1.12 bits per heavy atom. The van der Waals surface area contributed by atoms with Crippen LogP contribution < -0.4 is 10.1 Å². The fourth-order valence-electron chi connectivity index (χ4n) is 2.32. The number of hydrogen-bond acceptors (Lipinski definition) is 4. The second-order valence-corrected chi connectivity index (χ2v) is 8.09. The molecular weight excluding hydrogens is 345 g/mol. The molecule has 0 radical (unpaired) electrons. The van der Waals surface area contributed by atoms with Crippen LogP contribution in [-0.2, 0) is 14.6 Å². The number of rotatable bonds is 6. The minimum absolute atomic E-state index is 0.159. The van der Waals surface area contributed by atoms with Gasteiger partial charge < -0.3 is 10.1 Å². The van der Waals surface area contributed by atoms with Crippen molar-refractivity contribution in [3.05, 3.63) is 59.9 Å². The Balaban J connectivity index is 1.83. The van der Waals surface area contributed by atoms with Crippen LogP contribution in [0.2, 0.25) is 0 Å². The van der Waals surface area contributed by atoms with Gasteiger partial charge in [0, 0.05) is 17.9 Å². The maximum atomic E-state index is 13.2. The highest BCUT2D eigenvalue weighted by Gasteiger charge is 2.29. The molecule has 2 aromatic rings. The van der Waals surface area contributed by atoms with Crippen molar-refractivity contribution in [2.24, 2.45) is 0 Å². The Bertz CT molecular complexity index is 859. The Morgan fingerprint density at radius 3 is 2.24 bits per heavy atom. The number of halogens is 1. The SMILES string of the molecule is CS(=O)(=O)c1ccc(O[C@H](C(=O)NC2CC2)c2ccc(F)cc2)cc1. The van der Waals surface area contributed by atoms with E-state index >= 15 is 0 Å². The predicted octanol–water partition coefficient (Wildman–Crippen LogP) is 2.63. The lowest BCUT2D eigenvalue weighted by molar-refractivity contribution is -0.128. The molecular formula is C18H18FNO4S. The summed E-state index contributed by atoms with van der Waals surface area (Å²) >= 11 is 0. The second kappa shape index (κ2) is 6.84. The maximum Gasteiger partial charge on any atom is 0.266 e. The van der Waals surface area contributed by atoms with Crippen molar-refractivity contribution < 1.29 is 22.3 Å². The average Bonchev–Trinajstić information content (AvgIpc) is 3.37. The molecule has 5 nitrogen and oxygen atoms in total. The highest BCUT2D eigenvalue weighted by Crippen LogP contribution is 2.26. The summed E-state index contributed by atoms with van der Waals surface area (Å²) in [5, 5.41) is 2.87. The first kappa shape index (κ1) is 17.4. The fraction of sp³-hybridized carbons (Fsp3) is 0.278. The van der Waals surface area contributed by atoms with E-state index in [1.54, 1.807) is 0 Å². The molecule has 0 aliphatic heterocycles. The zero-order valence-electron chi connectivity index (χ0n) is 13.6. The van der Waals surface area contributed by atoms with Gasteiger partial charge in [0.25, 0.3) is 5.91 Å². The highest BCUT2D eigenvalue weighted by molar-refractivity contribution is 7.90. The van der Waals surface area contributed by atoms with E-state index in [1.807, 2.05) is 0 Å². The summed E-state index contributed by atoms with van der Waals surface area (Å²) in [6.45, 7) is 0. The third kappa shape index (κ3) is 4.57. The Morgan fingerprint density at radius 2 is 1.72 bits per heavy atom. The molecule has 25 heavy (non-hydrogen) atoms. The Labute approximate surface area is 145 Å². The van der Waals surface area contributed by atoms with Crippen LogP contribution in [0.15, 0.2) is 53.4 Å². The first-order valence-corrected chi connectivity index (χ1v) is 9.75. The standard InChI is InChI=1S/C18H18FNO4S/c1-25(22,23)16-10-8-15(9-11-16)24-17(18(21)20-14-6-7-14)12-2-4-13(19)5-3-12/h2-5,8-11,14,17H,6-7H2,1H3,(H,20,21)/t17-/m0/s1. The summed E-state index contributed by atoms with van der Waals surface area (Å²) in [5.41, 5.74) is 0.520. The van der Waals surface area contributed by atoms with E-state index in [2.05, 4.69) is 5.32 Å². The highest BCUT2D eigenvalue weighted by atomic mass is 32.2. The van der Waals surface area contributed by atoms with E-state index in [9.17, 15) is 17.6 Å². The number of sulfone groups is 1. The summed E-state index contributed by atoms with van der Waals surface area (Å²) in [6, 6.07) is 11.5. The van der Waals surface area contributed by atoms with Gasteiger partial charge in [0.1, 0.15) is 11.6 Å². The molecule has 1 saturated carbocycles. The van der Waals surface area contributed by atoms with E-state index in [1.165, 1.54) is 48.5 Å². The molecule has 1 N–H and O–H groups in total. The van der Waals surface area contributed by atoms with Crippen molar-refractivity contribution in [3.63, 3.8) is 0 Å². The van der Waals surface area contributed by atoms with Crippen LogP contribution in [0, 0.1) is 5.82 Å². The first-order valence-electron chi connectivity index (χ1n) is 7.85. The predicted molar refractivity (Wildman–Crippen MR) is 90.5 cm³/mol. The molecule has 3 rings (SSSR count). The number of ether oxygens (including phenoxy) is 1. The quantitative estimate of drug-likeness (QED) is 0.856. The smallest absolute Gasteiger partial charge is 0.266 e. The van der Waals surface area contributed by atoms with Crippen molar-refractivity contribution in [2.75, 3.05) is 6.26 Å². The lowest BCUT2D eigenvalue weighted by Crippen LogP contribution is -2.33. The van der Waals surface area contributed by atoms with Gasteiger partial charge in [-0.05, 0) is 49.2 Å². The molecule has 1 atom stereocenters. The van der Waals surface area contributed by atoms with Crippen molar-refractivity contribution >= 4 is 15.7 Å². The zero-order valence-corrected chi connectivity index (χ0v) is 14.4. The number of hydrogen-bond donors (Lipinski definition) is 1. The van der Waals surface area contributed by atoms with Crippen LogP contribution in [0.5, 0.6) is 5.75 Å². The second-order valence-electron chi connectivity index (χ2n) is 6.08. The molecule has 1 fully saturated rings. The minimum Gasteiger partial charge on any atom is -0.476 e. The van der Waals surface area contributed by atoms with Crippen LogP contribution in [-0.4, -0.2) is 26.6 Å². The maximum absolute atomic E-state index is 13.2. The molecule has 2 aromatic carbocycles. The Hall–Kier alpha value is -2.41. The molecule has 0 heterocycles. The van der Waals surface area contributed by atoms with Crippen molar-refractivity contribution in [2.45, 2.75) is 29.9 Å². The lowest BCUT2D eigenvalue weighted by Gasteiger charge is -2.19. The molecule has 1 aliphatic carbocycles. The number of carbonyl (C=O) groups excluding carboxylic acids is 1. The van der Waals surface area contributed by atoms with Crippen molar-refractivity contribution in [1.82, 2.24) is 5.32 Å². The molecule has 132 valence electrons. The summed E-state index contributed by atoms with van der Waals surface area (Å²) in [5.74, 6) is -0.350. The van der Waals surface area contributed by atoms with Crippen LogP contribution in [0.3, 0.4) is 0 Å². The molecule has 1 amide bonds. The fourth-order valence-corrected chi connectivity index (χ4v) is 2.95. The monoisotopic (exact) mass is 363 g/mol. The van der Waals surface area contributed by atoms with Crippen molar-refractivity contribution in [3.8, 4) is 5.75 Å². The van der Waals surface area contributed by atoms with Crippen LogP contribution >= 0.6 is 0 Å². The molecule has 0 bridgehead atoms. The van der Waals surface area contributed by atoms with Crippen LogP contribution in [0.25, 0.3) is 0 Å². The molecule has 0 unspecified atom stereocenters. The topological polar surface area (TPSA) is 72.5 Å². The van der Waals surface area contributed by atoms with E-state index in [0.29, 0.717) is 11.3 Å². The van der Waals surface area contributed by atoms with Gasteiger partial charge in [0.05, 0.1) is 4.90 Å². The summed E-state index contributed by atoms with van der Waals surface area (Å²) < 4.78 is 42.0. The van der Waals surface area contributed by atoms with Gasteiger partial charge in [-0.2, -0.15) is 0 Å².